The average molecular weight is 528 g/mol. The Morgan fingerprint density at radius 2 is 2.00 bits per heavy atom. The Morgan fingerprint density at radius 1 is 1.16 bits per heavy atom. The van der Waals surface area contributed by atoms with Gasteiger partial charge in [-0.1, -0.05) is 25.1 Å². The number of benzene rings is 2. The number of amides is 3. The van der Waals surface area contributed by atoms with Crippen molar-refractivity contribution < 1.29 is 14.3 Å². The summed E-state index contributed by atoms with van der Waals surface area (Å²) in [6, 6.07) is 16.8. The number of carbonyl (C=O) groups excluding carboxylic acids is 2. The summed E-state index contributed by atoms with van der Waals surface area (Å²) in [4.78, 5) is 36.6. The van der Waals surface area contributed by atoms with Crippen LogP contribution in [-0.4, -0.2) is 47.5 Å². The maximum Gasteiger partial charge on any atom is 0.331 e. The molecule has 0 unspecified atom stereocenters. The number of para-hydroxylation sites is 1. The fraction of sp³-hybridized carbons (Fsp3) is 0.276. The molecule has 0 aliphatic carbocycles. The fourth-order valence-electron chi connectivity index (χ4n) is 5.26. The highest BCUT2D eigenvalue weighted by molar-refractivity contribution is 7.21. The summed E-state index contributed by atoms with van der Waals surface area (Å²) in [5.74, 6) is 1.27. The number of nitrogens with zero attached hydrogens (tertiary/aromatic N) is 3. The van der Waals surface area contributed by atoms with Crippen molar-refractivity contribution in [2.75, 3.05) is 29.9 Å². The Labute approximate surface area is 225 Å². The lowest BCUT2D eigenvalue weighted by Gasteiger charge is -2.32. The quantitative estimate of drug-likeness (QED) is 0.308. The van der Waals surface area contributed by atoms with Crippen LogP contribution in [-0.2, 0) is 0 Å². The Balaban J connectivity index is 1.31. The van der Waals surface area contributed by atoms with Crippen molar-refractivity contribution in [3.8, 4) is 11.5 Å². The second kappa shape index (κ2) is 10.1. The van der Waals surface area contributed by atoms with E-state index >= 15 is 0 Å². The highest BCUT2D eigenvalue weighted by Gasteiger charge is 2.34. The third kappa shape index (κ3) is 4.48. The van der Waals surface area contributed by atoms with Gasteiger partial charge in [-0.2, -0.15) is 0 Å². The zero-order chi connectivity index (χ0) is 26.2. The van der Waals surface area contributed by atoms with Crippen LogP contribution >= 0.6 is 11.3 Å². The van der Waals surface area contributed by atoms with Crippen molar-refractivity contribution in [2.45, 2.75) is 32.7 Å². The fourth-order valence-corrected chi connectivity index (χ4v) is 6.28. The number of thiophene rings is 1. The molecule has 2 aliphatic heterocycles. The van der Waals surface area contributed by atoms with E-state index in [1.165, 1.54) is 11.3 Å². The van der Waals surface area contributed by atoms with Gasteiger partial charge >= 0.3 is 6.03 Å². The number of hydrogen-bond donors (Lipinski definition) is 2. The van der Waals surface area contributed by atoms with Crippen LogP contribution in [0.2, 0.25) is 0 Å². The molecule has 8 nitrogen and oxygen atoms in total. The number of rotatable bonds is 6. The first kappa shape index (κ1) is 24.4. The number of likely N-dealkylation sites (tertiary alicyclic amines) is 1. The maximum absolute atomic E-state index is 13.5. The number of ether oxygens (including phenoxy) is 1. The Morgan fingerprint density at radius 3 is 2.79 bits per heavy atom. The largest absolute Gasteiger partial charge is 0.457 e. The molecule has 9 heteroatoms. The molecule has 0 spiro atoms. The molecule has 194 valence electrons. The first-order valence-electron chi connectivity index (χ1n) is 12.9. The predicted molar refractivity (Wildman–Crippen MR) is 151 cm³/mol. The summed E-state index contributed by atoms with van der Waals surface area (Å²) < 4.78 is 5.97. The number of anilines is 3. The minimum atomic E-state index is -0.313. The summed E-state index contributed by atoms with van der Waals surface area (Å²) in [7, 11) is 0. The highest BCUT2D eigenvalue weighted by atomic mass is 32.1. The molecule has 0 radical (unpaired) electrons. The van der Waals surface area contributed by atoms with Gasteiger partial charge in [-0.25, -0.2) is 9.78 Å². The molecule has 2 aromatic carbocycles. The molecule has 1 fully saturated rings. The van der Waals surface area contributed by atoms with Crippen molar-refractivity contribution in [1.82, 2.24) is 15.2 Å². The van der Waals surface area contributed by atoms with Gasteiger partial charge in [0.05, 0.1) is 22.4 Å². The van der Waals surface area contributed by atoms with Crippen LogP contribution in [0, 0.1) is 6.92 Å². The molecule has 0 saturated carbocycles. The van der Waals surface area contributed by atoms with Crippen molar-refractivity contribution in [3.05, 3.63) is 71.2 Å². The van der Waals surface area contributed by atoms with Crippen LogP contribution in [0.3, 0.4) is 0 Å². The first-order valence-corrected chi connectivity index (χ1v) is 13.7. The van der Waals surface area contributed by atoms with E-state index in [2.05, 4.69) is 27.4 Å². The first-order chi connectivity index (χ1) is 18.5. The van der Waals surface area contributed by atoms with E-state index in [4.69, 9.17) is 4.74 Å². The summed E-state index contributed by atoms with van der Waals surface area (Å²) in [6.45, 7) is 6.97. The molecule has 0 bridgehead atoms. The summed E-state index contributed by atoms with van der Waals surface area (Å²) in [5.41, 5.74) is 2.86. The van der Waals surface area contributed by atoms with Gasteiger partial charge in [-0.05, 0) is 74.8 Å². The normalized spacial score (nSPS) is 17.4. The lowest BCUT2D eigenvalue weighted by molar-refractivity contribution is 0.0911. The molecular formula is C29H29N5O3S. The van der Waals surface area contributed by atoms with Gasteiger partial charge in [-0.15, -0.1) is 11.3 Å². The molecule has 1 atom stereocenters. The SMILES string of the molecule is CCN1CCC[C@@H](NC(=O)c2sc3nccc4c3c2NC(=O)N4c2ccc(Oc3ccccc3)cc2C)C1. The molecule has 2 aliphatic rings. The Hall–Kier alpha value is -3.95. The van der Waals surface area contributed by atoms with Gasteiger partial charge < -0.3 is 20.3 Å². The van der Waals surface area contributed by atoms with E-state index in [1.807, 2.05) is 61.5 Å². The van der Waals surface area contributed by atoms with Gasteiger partial charge in [-0.3, -0.25) is 9.69 Å². The van der Waals surface area contributed by atoms with Gasteiger partial charge in [0.15, 0.2) is 0 Å². The summed E-state index contributed by atoms with van der Waals surface area (Å²) in [5, 5.41) is 6.97. The van der Waals surface area contributed by atoms with Crippen molar-refractivity contribution in [2.24, 2.45) is 0 Å². The number of aryl methyl sites for hydroxylation is 1. The minimum Gasteiger partial charge on any atom is -0.457 e. The standard InChI is InChI=1S/C29H29N5O3S/c1-3-33-15-7-8-19(17-33)31-27(35)26-25-24-23(13-14-30-28(24)38-26)34(29(36)32-25)22-12-11-21(16-18(22)2)37-20-9-5-4-6-10-20/h4-6,9-14,16,19H,3,7-8,15,17H2,1-2H3,(H,31,35)(H,32,36)/t19-/m1/s1. The number of hydrogen-bond acceptors (Lipinski definition) is 6. The van der Waals surface area contributed by atoms with Gasteiger partial charge in [0.1, 0.15) is 21.2 Å². The molecule has 4 heterocycles. The van der Waals surface area contributed by atoms with Crippen LogP contribution in [0.5, 0.6) is 11.5 Å². The third-order valence-corrected chi connectivity index (χ3v) is 8.22. The van der Waals surface area contributed by atoms with E-state index in [9.17, 15) is 9.59 Å². The number of nitrogens with one attached hydrogen (secondary N) is 2. The number of likely N-dealkylation sites (N-methyl/N-ethyl adjacent to an activating group) is 1. The Kier molecular flexibility index (Phi) is 6.47. The van der Waals surface area contributed by atoms with Crippen molar-refractivity contribution >= 4 is 50.6 Å². The third-order valence-electron chi connectivity index (χ3n) is 7.13. The number of pyridine rings is 1. The molecule has 4 aromatic rings. The molecule has 6 rings (SSSR count). The summed E-state index contributed by atoms with van der Waals surface area (Å²) in [6.07, 6.45) is 3.70. The number of urea groups is 1. The van der Waals surface area contributed by atoms with Gasteiger partial charge in [0.25, 0.3) is 5.91 Å². The zero-order valence-electron chi connectivity index (χ0n) is 21.4. The molecule has 2 N–H and O–H groups in total. The number of carbonyl (C=O) groups is 2. The topological polar surface area (TPSA) is 86.8 Å². The van der Waals surface area contributed by atoms with Crippen molar-refractivity contribution in [1.29, 1.82) is 0 Å². The molecular weight excluding hydrogens is 498 g/mol. The van der Waals surface area contributed by atoms with Crippen LogP contribution < -0.4 is 20.3 Å². The lowest BCUT2D eigenvalue weighted by atomic mass is 10.1. The number of aromatic nitrogens is 1. The molecule has 38 heavy (non-hydrogen) atoms. The average Bonchev–Trinajstić information content (AvgIpc) is 3.30. The van der Waals surface area contributed by atoms with E-state index in [0.717, 1.165) is 54.9 Å². The molecule has 3 amide bonds. The van der Waals surface area contributed by atoms with E-state index in [1.54, 1.807) is 11.1 Å². The predicted octanol–water partition coefficient (Wildman–Crippen LogP) is 6.29. The van der Waals surface area contributed by atoms with Crippen LogP contribution in [0.25, 0.3) is 10.2 Å². The number of piperidine rings is 1. The monoisotopic (exact) mass is 527 g/mol. The second-order valence-corrected chi connectivity index (χ2v) is 10.7. The highest BCUT2D eigenvalue weighted by Crippen LogP contribution is 2.46. The van der Waals surface area contributed by atoms with E-state index in [-0.39, 0.29) is 18.0 Å². The summed E-state index contributed by atoms with van der Waals surface area (Å²) >= 11 is 1.31. The minimum absolute atomic E-state index is 0.0936. The van der Waals surface area contributed by atoms with Crippen LogP contribution in [0.4, 0.5) is 21.9 Å². The second-order valence-electron chi connectivity index (χ2n) is 9.65. The maximum atomic E-state index is 13.5. The van der Waals surface area contributed by atoms with Crippen LogP contribution in [0.15, 0.2) is 60.8 Å². The Bertz CT molecular complexity index is 1520. The van der Waals surface area contributed by atoms with Gasteiger partial charge in [0.2, 0.25) is 0 Å². The van der Waals surface area contributed by atoms with Crippen molar-refractivity contribution in [3.63, 3.8) is 0 Å². The molecule has 2 aromatic heterocycles. The van der Waals surface area contributed by atoms with E-state index in [0.29, 0.717) is 26.8 Å². The van der Waals surface area contributed by atoms with Gasteiger partial charge in [0, 0.05) is 18.8 Å². The molecule has 1 saturated heterocycles. The zero-order valence-corrected chi connectivity index (χ0v) is 22.2. The van der Waals surface area contributed by atoms with Crippen LogP contribution in [0.1, 0.15) is 35.0 Å². The lowest BCUT2D eigenvalue weighted by Crippen LogP contribution is -2.47. The smallest absolute Gasteiger partial charge is 0.331 e. The van der Waals surface area contributed by atoms with E-state index < -0.39 is 0 Å².